The van der Waals surface area contributed by atoms with Gasteiger partial charge in [0.25, 0.3) is 5.91 Å². The predicted molar refractivity (Wildman–Crippen MR) is 126 cm³/mol. The normalized spacial score (nSPS) is 19.9. The number of aliphatic hydroxyl groups excluding tert-OH is 1. The van der Waals surface area contributed by atoms with Crippen LogP contribution in [-0.2, 0) is 16.0 Å². The van der Waals surface area contributed by atoms with Gasteiger partial charge in [0, 0.05) is 36.0 Å². The fourth-order valence-corrected chi connectivity index (χ4v) is 3.75. The zero-order chi connectivity index (χ0) is 22.4. The van der Waals surface area contributed by atoms with Crippen LogP contribution in [0.1, 0.15) is 30.4 Å². The largest absolute Gasteiger partial charge is 0.494 e. The molecule has 0 bridgehead atoms. The average Bonchev–Trinajstić information content (AvgIpc) is 3.53. The molecular formula is C24H28BrN3O4. The standard InChI is InChI=1S/C24H28BrN3O4/c25-20-8-4-17(5-9-20)14-24(23(30)28-26-15-18-2-3-18)16-32-22(27-24)19-6-10-21(11-7-19)31-13-1-12-29/h4-11,18,26,29H,1-3,12-16H2,(H,28,30)/t24-/m0/s1. The highest BCUT2D eigenvalue weighted by atomic mass is 79.9. The van der Waals surface area contributed by atoms with E-state index >= 15 is 0 Å². The van der Waals surface area contributed by atoms with Gasteiger partial charge in [0.05, 0.1) is 6.61 Å². The minimum Gasteiger partial charge on any atom is -0.494 e. The molecule has 170 valence electrons. The number of ether oxygens (including phenoxy) is 2. The number of aliphatic hydroxyl groups is 1. The Morgan fingerprint density at radius 3 is 2.62 bits per heavy atom. The maximum atomic E-state index is 13.2. The third kappa shape index (κ3) is 5.88. The van der Waals surface area contributed by atoms with Crippen molar-refractivity contribution in [2.45, 2.75) is 31.2 Å². The van der Waals surface area contributed by atoms with Gasteiger partial charge in [-0.1, -0.05) is 28.1 Å². The summed E-state index contributed by atoms with van der Waals surface area (Å²) in [5.74, 6) is 1.61. The quantitative estimate of drug-likeness (QED) is 0.325. The monoisotopic (exact) mass is 501 g/mol. The van der Waals surface area contributed by atoms with Crippen LogP contribution in [0.3, 0.4) is 0 Å². The third-order valence-electron chi connectivity index (χ3n) is 5.56. The van der Waals surface area contributed by atoms with Crippen molar-refractivity contribution < 1.29 is 19.4 Å². The van der Waals surface area contributed by atoms with Crippen LogP contribution in [0.5, 0.6) is 5.75 Å². The fraction of sp³-hybridized carbons (Fsp3) is 0.417. The molecule has 32 heavy (non-hydrogen) atoms. The molecule has 1 amide bonds. The number of rotatable bonds is 11. The van der Waals surface area contributed by atoms with Gasteiger partial charge in [0.15, 0.2) is 5.54 Å². The molecule has 1 aliphatic heterocycles. The van der Waals surface area contributed by atoms with Crippen molar-refractivity contribution in [1.29, 1.82) is 0 Å². The molecule has 0 radical (unpaired) electrons. The lowest BCUT2D eigenvalue weighted by Crippen LogP contribution is -2.53. The van der Waals surface area contributed by atoms with Gasteiger partial charge in [-0.25, -0.2) is 10.4 Å². The Morgan fingerprint density at radius 2 is 1.94 bits per heavy atom. The maximum absolute atomic E-state index is 13.2. The molecule has 1 saturated carbocycles. The van der Waals surface area contributed by atoms with Crippen LogP contribution in [0.15, 0.2) is 58.0 Å². The molecule has 4 rings (SSSR count). The fourth-order valence-electron chi connectivity index (χ4n) is 3.48. The predicted octanol–water partition coefficient (Wildman–Crippen LogP) is 3.00. The van der Waals surface area contributed by atoms with Crippen molar-refractivity contribution in [2.75, 3.05) is 26.4 Å². The van der Waals surface area contributed by atoms with Crippen molar-refractivity contribution >= 4 is 27.7 Å². The van der Waals surface area contributed by atoms with Gasteiger partial charge < -0.3 is 14.6 Å². The van der Waals surface area contributed by atoms with Crippen LogP contribution < -0.4 is 15.6 Å². The number of nitrogens with one attached hydrogen (secondary N) is 2. The summed E-state index contributed by atoms with van der Waals surface area (Å²) in [6.07, 6.45) is 3.43. The van der Waals surface area contributed by atoms with Gasteiger partial charge >= 0.3 is 0 Å². The number of amides is 1. The molecule has 1 fully saturated rings. The van der Waals surface area contributed by atoms with Crippen LogP contribution in [0, 0.1) is 5.92 Å². The summed E-state index contributed by atoms with van der Waals surface area (Å²) in [6, 6.07) is 15.3. The number of halogens is 1. The lowest BCUT2D eigenvalue weighted by molar-refractivity contribution is -0.127. The van der Waals surface area contributed by atoms with Crippen molar-refractivity contribution in [2.24, 2.45) is 10.9 Å². The van der Waals surface area contributed by atoms with Crippen LogP contribution in [0.25, 0.3) is 0 Å². The van der Waals surface area contributed by atoms with E-state index in [0.29, 0.717) is 37.0 Å². The summed E-state index contributed by atoms with van der Waals surface area (Å²) in [7, 11) is 0. The topological polar surface area (TPSA) is 92.2 Å². The third-order valence-corrected chi connectivity index (χ3v) is 6.09. The van der Waals surface area contributed by atoms with Gasteiger partial charge in [-0.3, -0.25) is 10.2 Å². The first-order chi connectivity index (χ1) is 15.6. The Hall–Kier alpha value is -2.42. The minimum atomic E-state index is -1.05. The Kier molecular flexibility index (Phi) is 7.44. The van der Waals surface area contributed by atoms with Gasteiger partial charge in [-0.2, -0.15) is 0 Å². The zero-order valence-corrected chi connectivity index (χ0v) is 19.4. The zero-order valence-electron chi connectivity index (χ0n) is 17.9. The van der Waals surface area contributed by atoms with Crippen molar-refractivity contribution in [3.63, 3.8) is 0 Å². The summed E-state index contributed by atoms with van der Waals surface area (Å²) < 4.78 is 12.5. The number of benzene rings is 2. The number of hydrazine groups is 1. The number of hydrogen-bond acceptors (Lipinski definition) is 6. The summed E-state index contributed by atoms with van der Waals surface area (Å²) >= 11 is 3.46. The molecule has 1 aliphatic carbocycles. The Balaban J connectivity index is 1.51. The first-order valence-corrected chi connectivity index (χ1v) is 11.7. The molecule has 0 unspecified atom stereocenters. The summed E-state index contributed by atoms with van der Waals surface area (Å²) in [5.41, 5.74) is 6.66. The smallest absolute Gasteiger partial charge is 0.266 e. The molecular weight excluding hydrogens is 474 g/mol. The first-order valence-electron chi connectivity index (χ1n) is 10.9. The van der Waals surface area contributed by atoms with E-state index in [2.05, 4.69) is 26.8 Å². The van der Waals surface area contributed by atoms with E-state index in [4.69, 9.17) is 19.6 Å². The lowest BCUT2D eigenvalue weighted by Gasteiger charge is -2.23. The molecule has 0 aromatic heterocycles. The lowest BCUT2D eigenvalue weighted by atomic mass is 9.91. The van der Waals surface area contributed by atoms with Crippen LogP contribution in [0.2, 0.25) is 0 Å². The van der Waals surface area contributed by atoms with Gasteiger partial charge in [-0.05, 0) is 60.7 Å². The van der Waals surface area contributed by atoms with Gasteiger partial charge in [0.2, 0.25) is 5.90 Å². The molecule has 3 N–H and O–H groups in total. The second-order valence-electron chi connectivity index (χ2n) is 8.27. The molecule has 2 aromatic carbocycles. The Morgan fingerprint density at radius 1 is 1.19 bits per heavy atom. The molecule has 7 nitrogen and oxygen atoms in total. The van der Waals surface area contributed by atoms with Crippen LogP contribution in [0.4, 0.5) is 0 Å². The van der Waals surface area contributed by atoms with E-state index in [1.165, 1.54) is 12.8 Å². The molecule has 2 aliphatic rings. The van der Waals surface area contributed by atoms with Crippen molar-refractivity contribution in [1.82, 2.24) is 10.9 Å². The molecule has 2 aromatic rings. The van der Waals surface area contributed by atoms with Gasteiger partial charge in [0.1, 0.15) is 12.4 Å². The maximum Gasteiger partial charge on any atom is 0.266 e. The SMILES string of the molecule is O=C(NNCC1CC1)[C@]1(Cc2ccc(Br)cc2)COC(c2ccc(OCCCO)cc2)=N1. The number of nitrogens with zero attached hydrogens (tertiary/aromatic N) is 1. The van der Waals surface area contributed by atoms with E-state index in [1.54, 1.807) is 0 Å². The average molecular weight is 502 g/mol. The number of carbonyl (C=O) groups excluding carboxylic acids is 1. The Labute approximate surface area is 196 Å². The Bertz CT molecular complexity index is 945. The van der Waals surface area contributed by atoms with E-state index in [-0.39, 0.29) is 19.1 Å². The molecule has 0 spiro atoms. The number of carbonyl (C=O) groups is 1. The summed E-state index contributed by atoms with van der Waals surface area (Å²) in [4.78, 5) is 18.0. The number of aliphatic imine (C=N–C) groups is 1. The van der Waals surface area contributed by atoms with Crippen molar-refractivity contribution in [3.8, 4) is 5.75 Å². The second kappa shape index (κ2) is 10.5. The molecule has 1 heterocycles. The highest BCUT2D eigenvalue weighted by Gasteiger charge is 2.44. The summed E-state index contributed by atoms with van der Waals surface area (Å²) in [5, 5.41) is 8.88. The second-order valence-corrected chi connectivity index (χ2v) is 9.18. The first kappa shape index (κ1) is 22.8. The highest BCUT2D eigenvalue weighted by molar-refractivity contribution is 9.10. The van der Waals surface area contributed by atoms with E-state index in [0.717, 1.165) is 22.1 Å². The minimum absolute atomic E-state index is 0.0980. The van der Waals surface area contributed by atoms with E-state index in [1.807, 2.05) is 48.5 Å². The van der Waals surface area contributed by atoms with Gasteiger partial charge in [-0.15, -0.1) is 0 Å². The molecule has 1 atom stereocenters. The molecule has 8 heteroatoms. The summed E-state index contributed by atoms with van der Waals surface area (Å²) in [6.45, 7) is 1.50. The highest BCUT2D eigenvalue weighted by Crippen LogP contribution is 2.29. The van der Waals surface area contributed by atoms with E-state index in [9.17, 15) is 4.79 Å². The van der Waals surface area contributed by atoms with Crippen LogP contribution >= 0.6 is 15.9 Å². The van der Waals surface area contributed by atoms with Crippen LogP contribution in [-0.4, -0.2) is 48.8 Å². The molecule has 0 saturated heterocycles. The van der Waals surface area contributed by atoms with E-state index < -0.39 is 5.54 Å². The number of hydrogen-bond donors (Lipinski definition) is 3. The van der Waals surface area contributed by atoms with Crippen molar-refractivity contribution in [3.05, 3.63) is 64.1 Å².